The van der Waals surface area contributed by atoms with Crippen molar-refractivity contribution in [3.63, 3.8) is 0 Å². The van der Waals surface area contributed by atoms with Gasteiger partial charge in [0.15, 0.2) is 0 Å². The van der Waals surface area contributed by atoms with Gasteiger partial charge in [-0.15, -0.1) is 0 Å². The Hall–Kier alpha value is -0.530. The van der Waals surface area contributed by atoms with Crippen LogP contribution in [0, 0.1) is 0 Å². The lowest BCUT2D eigenvalue weighted by atomic mass is 10.1. The third-order valence-electron chi connectivity index (χ3n) is 3.03. The Morgan fingerprint density at radius 2 is 1.53 bits per heavy atom. The Morgan fingerprint density at radius 1 is 0.941 bits per heavy atom. The topological polar surface area (TPSA) is 26.3 Å². The van der Waals surface area contributed by atoms with Crippen molar-refractivity contribution in [1.29, 1.82) is 0 Å². The maximum atomic E-state index is 11.5. The molecule has 0 rings (SSSR count). The van der Waals surface area contributed by atoms with Gasteiger partial charge in [0.2, 0.25) is 0 Å². The molecule has 0 saturated heterocycles. The first-order valence-corrected chi connectivity index (χ1v) is 7.40. The summed E-state index contributed by atoms with van der Waals surface area (Å²) in [7, 11) is 0. The molecule has 0 saturated carbocycles. The van der Waals surface area contributed by atoms with Gasteiger partial charge in [-0.25, -0.2) is 0 Å². The minimum Gasteiger partial charge on any atom is -0.463 e. The number of unbranched alkanes of at least 4 members (excludes halogenated alkanes) is 6. The number of carbonyl (C=O) groups is 1. The zero-order valence-electron chi connectivity index (χ0n) is 12.0. The van der Waals surface area contributed by atoms with E-state index in [-0.39, 0.29) is 12.1 Å². The smallest absolute Gasteiger partial charge is 0.306 e. The summed E-state index contributed by atoms with van der Waals surface area (Å²) < 4.78 is 5.34. The Morgan fingerprint density at radius 3 is 2.18 bits per heavy atom. The first-order chi connectivity index (χ1) is 8.20. The summed E-state index contributed by atoms with van der Waals surface area (Å²) in [5, 5.41) is 0. The van der Waals surface area contributed by atoms with E-state index in [2.05, 4.69) is 13.8 Å². The number of carbonyl (C=O) groups excluding carboxylic acids is 1. The van der Waals surface area contributed by atoms with Gasteiger partial charge in [-0.1, -0.05) is 58.8 Å². The summed E-state index contributed by atoms with van der Waals surface area (Å²) in [5.41, 5.74) is 0. The van der Waals surface area contributed by atoms with E-state index in [1.54, 1.807) is 0 Å². The summed E-state index contributed by atoms with van der Waals surface area (Å²) in [4.78, 5) is 11.5. The molecule has 0 radical (unpaired) electrons. The molecule has 0 aromatic rings. The van der Waals surface area contributed by atoms with Crippen LogP contribution in [0.5, 0.6) is 0 Å². The molecule has 17 heavy (non-hydrogen) atoms. The van der Waals surface area contributed by atoms with Crippen molar-refractivity contribution in [1.82, 2.24) is 0 Å². The monoisotopic (exact) mass is 242 g/mol. The molecule has 0 heterocycles. The quantitative estimate of drug-likeness (QED) is 0.382. The van der Waals surface area contributed by atoms with Gasteiger partial charge >= 0.3 is 5.97 Å². The van der Waals surface area contributed by atoms with Crippen molar-refractivity contribution >= 4 is 5.97 Å². The molecular weight excluding hydrogens is 212 g/mol. The Kier molecular flexibility index (Phi) is 11.6. The van der Waals surface area contributed by atoms with Crippen LogP contribution in [0.15, 0.2) is 0 Å². The summed E-state index contributed by atoms with van der Waals surface area (Å²) >= 11 is 0. The van der Waals surface area contributed by atoms with Gasteiger partial charge in [0.05, 0.1) is 6.10 Å². The number of hydrogen-bond acceptors (Lipinski definition) is 2. The highest BCUT2D eigenvalue weighted by molar-refractivity contribution is 5.69. The van der Waals surface area contributed by atoms with E-state index in [1.165, 1.54) is 38.5 Å². The second kappa shape index (κ2) is 11.9. The second-order valence-corrected chi connectivity index (χ2v) is 4.96. The summed E-state index contributed by atoms with van der Waals surface area (Å²) in [6.07, 6.45) is 11.3. The highest BCUT2D eigenvalue weighted by Gasteiger charge is 2.08. The van der Waals surface area contributed by atoms with E-state index in [4.69, 9.17) is 4.74 Å². The van der Waals surface area contributed by atoms with Gasteiger partial charge in [-0.05, 0) is 19.8 Å². The molecule has 0 N–H and O–H groups in total. The largest absolute Gasteiger partial charge is 0.463 e. The van der Waals surface area contributed by atoms with Crippen molar-refractivity contribution in [2.45, 2.75) is 91.1 Å². The fourth-order valence-corrected chi connectivity index (χ4v) is 1.88. The minimum absolute atomic E-state index is 0.0101. The fourth-order valence-electron chi connectivity index (χ4n) is 1.88. The van der Waals surface area contributed by atoms with Crippen LogP contribution in [0.3, 0.4) is 0 Å². The van der Waals surface area contributed by atoms with E-state index in [0.29, 0.717) is 6.42 Å². The van der Waals surface area contributed by atoms with Crippen molar-refractivity contribution in [2.75, 3.05) is 0 Å². The second-order valence-electron chi connectivity index (χ2n) is 4.96. The molecule has 0 spiro atoms. The highest BCUT2D eigenvalue weighted by Crippen LogP contribution is 2.09. The van der Waals surface area contributed by atoms with E-state index >= 15 is 0 Å². The van der Waals surface area contributed by atoms with Gasteiger partial charge < -0.3 is 4.74 Å². The van der Waals surface area contributed by atoms with Gasteiger partial charge in [0.1, 0.15) is 0 Å². The normalized spacial score (nSPS) is 12.4. The predicted molar refractivity (Wildman–Crippen MR) is 73.1 cm³/mol. The Bertz CT molecular complexity index is 178. The van der Waals surface area contributed by atoms with Crippen LogP contribution < -0.4 is 0 Å². The van der Waals surface area contributed by atoms with Crippen molar-refractivity contribution in [2.24, 2.45) is 0 Å². The SMILES string of the molecule is CCCCCCCCC(=O)OC(C)CCCC. The van der Waals surface area contributed by atoms with E-state index in [9.17, 15) is 4.79 Å². The van der Waals surface area contributed by atoms with Crippen LogP contribution in [-0.2, 0) is 9.53 Å². The molecule has 0 aliphatic carbocycles. The molecule has 2 heteroatoms. The average molecular weight is 242 g/mol. The Labute approximate surface area is 107 Å². The van der Waals surface area contributed by atoms with Crippen LogP contribution in [0.4, 0.5) is 0 Å². The molecule has 0 amide bonds. The minimum atomic E-state index is -0.0101. The lowest BCUT2D eigenvalue weighted by molar-refractivity contribution is -0.148. The molecule has 1 unspecified atom stereocenters. The van der Waals surface area contributed by atoms with Crippen LogP contribution >= 0.6 is 0 Å². The van der Waals surface area contributed by atoms with Crippen LogP contribution in [0.25, 0.3) is 0 Å². The molecule has 102 valence electrons. The zero-order chi connectivity index (χ0) is 12.9. The van der Waals surface area contributed by atoms with Crippen LogP contribution in [0.2, 0.25) is 0 Å². The molecular formula is C15H30O2. The molecule has 1 atom stereocenters. The van der Waals surface area contributed by atoms with Gasteiger partial charge in [0.25, 0.3) is 0 Å². The third kappa shape index (κ3) is 11.7. The standard InChI is InChI=1S/C15H30O2/c1-4-6-8-9-10-11-13-15(16)17-14(3)12-7-5-2/h14H,4-13H2,1-3H3. The third-order valence-corrected chi connectivity index (χ3v) is 3.03. The summed E-state index contributed by atoms with van der Waals surface area (Å²) in [6.45, 7) is 6.37. The Balaban J connectivity index is 3.33. The van der Waals surface area contributed by atoms with Crippen LogP contribution in [0.1, 0.15) is 85.0 Å². The van der Waals surface area contributed by atoms with E-state index < -0.39 is 0 Å². The molecule has 0 fully saturated rings. The van der Waals surface area contributed by atoms with Crippen LogP contribution in [-0.4, -0.2) is 12.1 Å². The molecule has 0 aromatic carbocycles. The van der Waals surface area contributed by atoms with Crippen molar-refractivity contribution in [3.05, 3.63) is 0 Å². The molecule has 0 aliphatic rings. The van der Waals surface area contributed by atoms with Gasteiger partial charge in [-0.3, -0.25) is 4.79 Å². The number of hydrogen-bond donors (Lipinski definition) is 0. The molecule has 0 aromatic heterocycles. The highest BCUT2D eigenvalue weighted by atomic mass is 16.5. The maximum Gasteiger partial charge on any atom is 0.306 e. The predicted octanol–water partition coefficient (Wildman–Crippen LogP) is 4.86. The number of rotatable bonds is 11. The van der Waals surface area contributed by atoms with Crippen molar-refractivity contribution < 1.29 is 9.53 Å². The lowest BCUT2D eigenvalue weighted by Gasteiger charge is -2.12. The first kappa shape index (κ1) is 16.5. The molecule has 0 aliphatic heterocycles. The summed E-state index contributed by atoms with van der Waals surface area (Å²) in [6, 6.07) is 0. The van der Waals surface area contributed by atoms with Crippen molar-refractivity contribution in [3.8, 4) is 0 Å². The van der Waals surface area contributed by atoms with E-state index in [0.717, 1.165) is 19.3 Å². The van der Waals surface area contributed by atoms with E-state index in [1.807, 2.05) is 6.92 Å². The van der Waals surface area contributed by atoms with Gasteiger partial charge in [0, 0.05) is 6.42 Å². The first-order valence-electron chi connectivity index (χ1n) is 7.40. The zero-order valence-corrected chi connectivity index (χ0v) is 12.0. The number of esters is 1. The molecule has 0 bridgehead atoms. The van der Waals surface area contributed by atoms with Gasteiger partial charge in [-0.2, -0.15) is 0 Å². The molecule has 2 nitrogen and oxygen atoms in total. The maximum absolute atomic E-state index is 11.5. The summed E-state index contributed by atoms with van der Waals surface area (Å²) in [5.74, 6) is -0.0101. The fraction of sp³-hybridized carbons (Fsp3) is 0.933. The average Bonchev–Trinajstić information content (AvgIpc) is 2.31. The number of ether oxygens (including phenoxy) is 1. The lowest BCUT2D eigenvalue weighted by Crippen LogP contribution is -2.14.